The van der Waals surface area contributed by atoms with Crippen molar-refractivity contribution in [2.75, 3.05) is 7.11 Å². The van der Waals surface area contributed by atoms with Crippen molar-refractivity contribution < 1.29 is 9.53 Å². The van der Waals surface area contributed by atoms with Gasteiger partial charge in [0.2, 0.25) is 5.78 Å². The van der Waals surface area contributed by atoms with Gasteiger partial charge in [0.15, 0.2) is 0 Å². The third-order valence-corrected chi connectivity index (χ3v) is 5.13. The molecule has 126 valence electrons. The molecular weight excluding hydrogens is 346 g/mol. The lowest BCUT2D eigenvalue weighted by molar-refractivity contribution is 0.104. The molecule has 0 unspecified atom stereocenters. The summed E-state index contributed by atoms with van der Waals surface area (Å²) in [6, 6.07) is 21.3. The third kappa shape index (κ3) is 1.98. The van der Waals surface area contributed by atoms with Gasteiger partial charge in [-0.1, -0.05) is 41.9 Å². The number of carbonyl (C=O) groups is 1. The Morgan fingerprint density at radius 3 is 2.54 bits per heavy atom. The van der Waals surface area contributed by atoms with E-state index in [0.717, 1.165) is 33.5 Å². The second-order valence-corrected chi connectivity index (χ2v) is 6.74. The van der Waals surface area contributed by atoms with Crippen LogP contribution in [0.1, 0.15) is 16.1 Å². The smallest absolute Gasteiger partial charge is 0.212 e. The van der Waals surface area contributed by atoms with E-state index in [-0.39, 0.29) is 5.78 Å². The molecule has 2 heterocycles. The zero-order valence-corrected chi connectivity index (χ0v) is 14.7. The Morgan fingerprint density at radius 1 is 0.962 bits per heavy atom. The molecule has 0 bridgehead atoms. The van der Waals surface area contributed by atoms with Crippen LogP contribution >= 0.6 is 11.6 Å². The van der Waals surface area contributed by atoms with Crippen LogP contribution in [-0.4, -0.2) is 17.5 Å². The lowest BCUT2D eigenvalue weighted by Gasteiger charge is -2.06. The number of hydrogen-bond acceptors (Lipinski definition) is 2. The molecular formula is C22H14ClNO2. The molecule has 0 saturated carbocycles. The molecule has 3 aromatic carbocycles. The first-order chi connectivity index (χ1) is 12.7. The first-order valence-electron chi connectivity index (χ1n) is 8.31. The number of rotatable bonds is 2. The Hall–Kier alpha value is -3.04. The number of nitrogens with zero attached hydrogens (tertiary/aromatic N) is 1. The highest BCUT2D eigenvalue weighted by Gasteiger charge is 2.33. The molecule has 0 spiro atoms. The Bertz CT molecular complexity index is 1190. The summed E-state index contributed by atoms with van der Waals surface area (Å²) in [5.41, 5.74) is 5.07. The zero-order valence-electron chi connectivity index (χ0n) is 14.0. The molecule has 1 aliphatic heterocycles. The number of benzene rings is 3. The number of hydrogen-bond donors (Lipinski definition) is 0. The number of halogens is 1. The first-order valence-corrected chi connectivity index (χ1v) is 8.69. The summed E-state index contributed by atoms with van der Waals surface area (Å²) in [5, 5.41) is 1.63. The number of ether oxygens (including phenoxy) is 1. The Kier molecular flexibility index (Phi) is 3.21. The summed E-state index contributed by atoms with van der Waals surface area (Å²) in [7, 11) is 1.64. The van der Waals surface area contributed by atoms with Gasteiger partial charge < -0.3 is 9.30 Å². The van der Waals surface area contributed by atoms with Crippen LogP contribution in [-0.2, 0) is 0 Å². The van der Waals surface area contributed by atoms with Gasteiger partial charge in [-0.05, 0) is 35.9 Å². The SMILES string of the molecule is COc1ccc2c(-c3ccccc3)c3n(c2c1)-c1cc(Cl)ccc1C3=O. The summed E-state index contributed by atoms with van der Waals surface area (Å²) < 4.78 is 7.41. The molecule has 1 aromatic heterocycles. The fourth-order valence-corrected chi connectivity index (χ4v) is 3.93. The normalized spacial score (nSPS) is 12.3. The molecule has 3 nitrogen and oxygen atoms in total. The zero-order chi connectivity index (χ0) is 17.8. The third-order valence-electron chi connectivity index (χ3n) is 4.90. The van der Waals surface area contributed by atoms with Gasteiger partial charge in [0.05, 0.1) is 18.3 Å². The molecule has 0 aliphatic carbocycles. The number of ketones is 1. The average molecular weight is 360 g/mol. The lowest BCUT2D eigenvalue weighted by atomic mass is 9.98. The van der Waals surface area contributed by atoms with E-state index in [1.807, 2.05) is 59.2 Å². The van der Waals surface area contributed by atoms with Crippen LogP contribution in [0.15, 0.2) is 66.7 Å². The second kappa shape index (κ2) is 5.48. The standard InChI is InChI=1S/C22H14ClNO2/c1-26-15-8-10-16-19(12-15)24-18-11-14(23)7-9-17(18)22(25)21(24)20(16)13-5-3-2-4-6-13/h2-12H,1H3. The monoisotopic (exact) mass is 359 g/mol. The van der Waals surface area contributed by atoms with Crippen molar-refractivity contribution in [2.45, 2.75) is 0 Å². The number of carbonyl (C=O) groups excluding carboxylic acids is 1. The van der Waals surface area contributed by atoms with E-state index in [4.69, 9.17) is 16.3 Å². The van der Waals surface area contributed by atoms with Crippen LogP contribution in [0.25, 0.3) is 27.7 Å². The highest BCUT2D eigenvalue weighted by molar-refractivity contribution is 6.31. The van der Waals surface area contributed by atoms with Gasteiger partial charge in [-0.3, -0.25) is 4.79 Å². The van der Waals surface area contributed by atoms with Gasteiger partial charge >= 0.3 is 0 Å². The second-order valence-electron chi connectivity index (χ2n) is 6.30. The molecule has 0 saturated heterocycles. The van der Waals surface area contributed by atoms with Crippen LogP contribution in [0.5, 0.6) is 5.75 Å². The van der Waals surface area contributed by atoms with E-state index in [2.05, 4.69) is 0 Å². The van der Waals surface area contributed by atoms with Gasteiger partial charge in [0.1, 0.15) is 11.4 Å². The number of methoxy groups -OCH3 is 1. The first kappa shape index (κ1) is 15.2. The van der Waals surface area contributed by atoms with Crippen molar-refractivity contribution in [2.24, 2.45) is 0 Å². The maximum absolute atomic E-state index is 13.2. The predicted molar refractivity (Wildman–Crippen MR) is 104 cm³/mol. The van der Waals surface area contributed by atoms with E-state index in [1.165, 1.54) is 0 Å². The maximum Gasteiger partial charge on any atom is 0.212 e. The summed E-state index contributed by atoms with van der Waals surface area (Å²) >= 11 is 6.22. The Balaban J connectivity index is 1.96. The van der Waals surface area contributed by atoms with Crippen molar-refractivity contribution in [3.63, 3.8) is 0 Å². The van der Waals surface area contributed by atoms with E-state index in [0.29, 0.717) is 16.3 Å². The van der Waals surface area contributed by atoms with Gasteiger partial charge in [-0.25, -0.2) is 0 Å². The fourth-order valence-electron chi connectivity index (χ4n) is 3.77. The van der Waals surface area contributed by atoms with Crippen LogP contribution in [0.3, 0.4) is 0 Å². The van der Waals surface area contributed by atoms with Gasteiger partial charge in [0.25, 0.3) is 0 Å². The summed E-state index contributed by atoms with van der Waals surface area (Å²) in [5.74, 6) is 0.769. The van der Waals surface area contributed by atoms with E-state index < -0.39 is 0 Å². The summed E-state index contributed by atoms with van der Waals surface area (Å²) in [4.78, 5) is 13.2. The highest BCUT2D eigenvalue weighted by Crippen LogP contribution is 2.44. The van der Waals surface area contributed by atoms with Crippen LogP contribution in [0.2, 0.25) is 5.02 Å². The predicted octanol–water partition coefficient (Wildman–Crippen LogP) is 5.50. The molecule has 0 fully saturated rings. The van der Waals surface area contributed by atoms with Crippen LogP contribution in [0, 0.1) is 0 Å². The molecule has 4 aromatic rings. The molecule has 5 rings (SSSR count). The number of aromatic nitrogens is 1. The minimum Gasteiger partial charge on any atom is -0.497 e. The van der Waals surface area contributed by atoms with Crippen molar-refractivity contribution in [3.8, 4) is 22.6 Å². The van der Waals surface area contributed by atoms with Crippen LogP contribution < -0.4 is 4.74 Å². The minimum atomic E-state index is 0.0192. The van der Waals surface area contributed by atoms with Crippen molar-refractivity contribution in [1.82, 2.24) is 4.57 Å². The quantitative estimate of drug-likeness (QED) is 0.416. The topological polar surface area (TPSA) is 31.2 Å². The highest BCUT2D eigenvalue weighted by atomic mass is 35.5. The van der Waals surface area contributed by atoms with Crippen LogP contribution in [0.4, 0.5) is 0 Å². The Morgan fingerprint density at radius 2 is 1.77 bits per heavy atom. The molecule has 0 radical (unpaired) electrons. The molecule has 0 atom stereocenters. The average Bonchev–Trinajstić information content (AvgIpc) is 3.15. The van der Waals surface area contributed by atoms with Crippen molar-refractivity contribution in [3.05, 3.63) is 83.0 Å². The lowest BCUT2D eigenvalue weighted by Crippen LogP contribution is -1.98. The summed E-state index contributed by atoms with van der Waals surface area (Å²) in [6.45, 7) is 0. The molecule has 0 N–H and O–H groups in total. The molecule has 1 aliphatic rings. The fraction of sp³-hybridized carbons (Fsp3) is 0.0455. The largest absolute Gasteiger partial charge is 0.497 e. The Labute approximate surface area is 155 Å². The van der Waals surface area contributed by atoms with E-state index >= 15 is 0 Å². The van der Waals surface area contributed by atoms with Crippen molar-refractivity contribution in [1.29, 1.82) is 0 Å². The van der Waals surface area contributed by atoms with E-state index in [1.54, 1.807) is 19.2 Å². The minimum absolute atomic E-state index is 0.0192. The summed E-state index contributed by atoms with van der Waals surface area (Å²) in [6.07, 6.45) is 0. The molecule has 4 heteroatoms. The van der Waals surface area contributed by atoms with E-state index in [9.17, 15) is 4.79 Å². The van der Waals surface area contributed by atoms with Gasteiger partial charge in [-0.15, -0.1) is 0 Å². The molecule has 0 amide bonds. The molecule has 26 heavy (non-hydrogen) atoms. The van der Waals surface area contributed by atoms with Gasteiger partial charge in [0, 0.05) is 27.6 Å². The van der Waals surface area contributed by atoms with Crippen molar-refractivity contribution >= 4 is 28.3 Å². The number of fused-ring (bicyclic) bond motifs is 5. The van der Waals surface area contributed by atoms with Gasteiger partial charge in [-0.2, -0.15) is 0 Å². The maximum atomic E-state index is 13.2.